The molecule has 28 heavy (non-hydrogen) atoms. The third-order valence-corrected chi connectivity index (χ3v) is 4.33. The molecular weight excluding hydrogens is 352 g/mol. The Kier molecular flexibility index (Phi) is 5.59. The number of benzene rings is 2. The van der Waals surface area contributed by atoms with Gasteiger partial charge in [-0.25, -0.2) is 9.97 Å². The summed E-state index contributed by atoms with van der Waals surface area (Å²) in [5.41, 5.74) is 5.00. The summed E-state index contributed by atoms with van der Waals surface area (Å²) in [5.74, 6) is 1.45. The fraction of sp³-hybridized carbons (Fsp3) is 0.227. The molecule has 0 bridgehead atoms. The molecule has 0 saturated heterocycles. The Morgan fingerprint density at radius 2 is 1.57 bits per heavy atom. The molecule has 0 atom stereocenters. The Balaban J connectivity index is 1.88. The maximum absolute atomic E-state index is 12.8. The molecule has 0 spiro atoms. The summed E-state index contributed by atoms with van der Waals surface area (Å²) in [6.07, 6.45) is 0. The number of nitrogens with one attached hydrogen (secondary N) is 2. The van der Waals surface area contributed by atoms with Crippen LogP contribution in [0.5, 0.6) is 5.75 Å². The number of aromatic nitrogens is 2. The second-order valence-corrected chi connectivity index (χ2v) is 6.79. The Bertz CT molecular complexity index is 1030. The van der Waals surface area contributed by atoms with Crippen molar-refractivity contribution < 1.29 is 9.53 Å². The van der Waals surface area contributed by atoms with E-state index in [1.54, 1.807) is 20.1 Å². The van der Waals surface area contributed by atoms with Crippen molar-refractivity contribution >= 4 is 23.1 Å². The van der Waals surface area contributed by atoms with E-state index in [4.69, 9.17) is 4.74 Å². The Labute approximate surface area is 165 Å². The number of carbonyl (C=O) groups is 1. The van der Waals surface area contributed by atoms with Crippen LogP contribution in [0.4, 0.5) is 17.2 Å². The van der Waals surface area contributed by atoms with Crippen LogP contribution in [-0.4, -0.2) is 23.0 Å². The second-order valence-electron chi connectivity index (χ2n) is 6.79. The molecule has 2 aromatic carbocycles. The van der Waals surface area contributed by atoms with Gasteiger partial charge in [0.05, 0.1) is 12.8 Å². The summed E-state index contributed by atoms with van der Waals surface area (Å²) in [4.78, 5) is 21.4. The van der Waals surface area contributed by atoms with Crippen molar-refractivity contribution in [3.05, 3.63) is 70.7 Å². The number of amides is 1. The molecule has 144 valence electrons. The van der Waals surface area contributed by atoms with Gasteiger partial charge in [0.15, 0.2) is 0 Å². The predicted octanol–water partition coefficient (Wildman–Crippen LogP) is 4.71. The fourth-order valence-corrected chi connectivity index (χ4v) is 2.86. The number of hydrogen-bond acceptors (Lipinski definition) is 5. The molecule has 3 aromatic rings. The molecule has 0 radical (unpaired) electrons. The Morgan fingerprint density at radius 3 is 2.29 bits per heavy atom. The number of ether oxygens (including phenoxy) is 1. The first kappa shape index (κ1) is 19.4. The van der Waals surface area contributed by atoms with Crippen LogP contribution in [-0.2, 0) is 0 Å². The first-order valence-corrected chi connectivity index (χ1v) is 9.01. The molecule has 6 heteroatoms. The summed E-state index contributed by atoms with van der Waals surface area (Å²) in [5, 5.41) is 6.16. The zero-order valence-corrected chi connectivity index (χ0v) is 16.8. The van der Waals surface area contributed by atoms with Gasteiger partial charge in [-0.15, -0.1) is 0 Å². The number of anilines is 3. The molecule has 0 aliphatic rings. The van der Waals surface area contributed by atoms with Crippen LogP contribution in [0, 0.1) is 27.7 Å². The minimum Gasteiger partial charge on any atom is -0.495 e. The maximum atomic E-state index is 12.8. The molecule has 1 heterocycles. The zero-order chi connectivity index (χ0) is 20.3. The molecule has 6 nitrogen and oxygen atoms in total. The van der Waals surface area contributed by atoms with Crippen LogP contribution in [0.2, 0.25) is 0 Å². The van der Waals surface area contributed by atoms with Gasteiger partial charge in [0.1, 0.15) is 23.1 Å². The lowest BCUT2D eigenvalue weighted by Gasteiger charge is -2.13. The van der Waals surface area contributed by atoms with Crippen LogP contribution in [0.3, 0.4) is 0 Å². The van der Waals surface area contributed by atoms with Crippen molar-refractivity contribution in [1.82, 2.24) is 9.97 Å². The molecule has 1 aromatic heterocycles. The third kappa shape index (κ3) is 4.46. The lowest BCUT2D eigenvalue weighted by molar-refractivity contribution is 0.102. The largest absolute Gasteiger partial charge is 0.495 e. The van der Waals surface area contributed by atoms with Crippen molar-refractivity contribution in [3.8, 4) is 5.75 Å². The maximum Gasteiger partial charge on any atom is 0.274 e. The molecule has 0 aliphatic carbocycles. The van der Waals surface area contributed by atoms with E-state index >= 15 is 0 Å². The van der Waals surface area contributed by atoms with Crippen LogP contribution >= 0.6 is 0 Å². The molecule has 1 amide bonds. The average molecular weight is 376 g/mol. The van der Waals surface area contributed by atoms with Crippen LogP contribution in [0.25, 0.3) is 0 Å². The summed E-state index contributed by atoms with van der Waals surface area (Å²) < 4.78 is 5.40. The number of methoxy groups -OCH3 is 1. The summed E-state index contributed by atoms with van der Waals surface area (Å²) in [6.45, 7) is 7.70. The highest BCUT2D eigenvalue weighted by Crippen LogP contribution is 2.28. The van der Waals surface area contributed by atoms with Crippen LogP contribution in [0.15, 0.2) is 42.5 Å². The molecule has 0 aliphatic heterocycles. The fourth-order valence-electron chi connectivity index (χ4n) is 2.86. The van der Waals surface area contributed by atoms with Gasteiger partial charge in [-0.1, -0.05) is 18.2 Å². The van der Waals surface area contributed by atoms with Crippen LogP contribution in [0.1, 0.15) is 33.0 Å². The highest BCUT2D eigenvalue weighted by Gasteiger charge is 2.13. The van der Waals surface area contributed by atoms with Gasteiger partial charge in [-0.05, 0) is 62.6 Å². The van der Waals surface area contributed by atoms with Gasteiger partial charge in [-0.3, -0.25) is 4.79 Å². The quantitative estimate of drug-likeness (QED) is 0.674. The van der Waals surface area contributed by atoms with Gasteiger partial charge in [-0.2, -0.15) is 0 Å². The second kappa shape index (κ2) is 8.08. The monoisotopic (exact) mass is 376 g/mol. The smallest absolute Gasteiger partial charge is 0.274 e. The summed E-state index contributed by atoms with van der Waals surface area (Å²) in [6, 6.07) is 13.4. The van der Waals surface area contributed by atoms with E-state index < -0.39 is 0 Å². The number of aryl methyl sites for hydroxylation is 4. The number of carbonyl (C=O) groups excluding carboxylic acids is 1. The normalized spacial score (nSPS) is 10.5. The number of rotatable bonds is 5. The number of hydrogen-bond donors (Lipinski definition) is 2. The first-order valence-electron chi connectivity index (χ1n) is 9.01. The van der Waals surface area contributed by atoms with Gasteiger partial charge in [0.2, 0.25) is 0 Å². The van der Waals surface area contributed by atoms with Crippen molar-refractivity contribution in [2.75, 3.05) is 17.7 Å². The molecule has 3 rings (SSSR count). The van der Waals surface area contributed by atoms with Crippen molar-refractivity contribution in [3.63, 3.8) is 0 Å². The molecule has 2 N–H and O–H groups in total. The molecule has 0 unspecified atom stereocenters. The SMILES string of the molecule is COc1ccc(C)cc1Nc1cc(C(=O)Nc2cc(C)ccc2C)nc(C)n1. The van der Waals surface area contributed by atoms with Gasteiger partial charge in [0, 0.05) is 11.8 Å². The topological polar surface area (TPSA) is 76.1 Å². The highest BCUT2D eigenvalue weighted by atomic mass is 16.5. The van der Waals surface area contributed by atoms with Crippen LogP contribution < -0.4 is 15.4 Å². The lowest BCUT2D eigenvalue weighted by atomic mass is 10.1. The Hall–Kier alpha value is -3.41. The van der Waals surface area contributed by atoms with E-state index in [1.807, 2.05) is 57.2 Å². The van der Waals surface area contributed by atoms with Gasteiger partial charge in [0.25, 0.3) is 5.91 Å². The third-order valence-electron chi connectivity index (χ3n) is 4.33. The van der Waals surface area contributed by atoms with E-state index in [9.17, 15) is 4.79 Å². The highest BCUT2D eigenvalue weighted by molar-refractivity contribution is 6.03. The number of nitrogens with zero attached hydrogens (tertiary/aromatic N) is 2. The van der Waals surface area contributed by atoms with Crippen molar-refractivity contribution in [1.29, 1.82) is 0 Å². The van der Waals surface area contributed by atoms with E-state index in [-0.39, 0.29) is 5.91 Å². The van der Waals surface area contributed by atoms with Crippen molar-refractivity contribution in [2.45, 2.75) is 27.7 Å². The van der Waals surface area contributed by atoms with E-state index in [0.717, 1.165) is 28.1 Å². The minimum atomic E-state index is -0.279. The standard InChI is InChI=1S/C22H24N4O2/c1-13-6-8-15(3)17(10-13)26-22(27)19-12-21(24-16(4)23-19)25-18-11-14(2)7-9-20(18)28-5/h6-12H,1-5H3,(H,26,27)(H,23,24,25). The minimum absolute atomic E-state index is 0.279. The molecule has 0 fully saturated rings. The predicted molar refractivity (Wildman–Crippen MR) is 112 cm³/mol. The van der Waals surface area contributed by atoms with Gasteiger partial charge < -0.3 is 15.4 Å². The van der Waals surface area contributed by atoms with Gasteiger partial charge >= 0.3 is 0 Å². The van der Waals surface area contributed by atoms with Crippen molar-refractivity contribution in [2.24, 2.45) is 0 Å². The summed E-state index contributed by atoms with van der Waals surface area (Å²) >= 11 is 0. The van der Waals surface area contributed by atoms with E-state index in [0.29, 0.717) is 23.1 Å². The Morgan fingerprint density at radius 1 is 0.893 bits per heavy atom. The van der Waals surface area contributed by atoms with E-state index in [1.165, 1.54) is 0 Å². The zero-order valence-electron chi connectivity index (χ0n) is 16.8. The average Bonchev–Trinajstić information content (AvgIpc) is 2.64. The molecule has 0 saturated carbocycles. The van der Waals surface area contributed by atoms with E-state index in [2.05, 4.69) is 20.6 Å². The lowest BCUT2D eigenvalue weighted by Crippen LogP contribution is -2.16. The molecular formula is C22H24N4O2. The summed E-state index contributed by atoms with van der Waals surface area (Å²) in [7, 11) is 1.62. The first-order chi connectivity index (χ1) is 13.4.